The summed E-state index contributed by atoms with van der Waals surface area (Å²) in [6.07, 6.45) is 0.171. The molecule has 2 aromatic rings. The highest BCUT2D eigenvalue weighted by Gasteiger charge is 2.35. The topological polar surface area (TPSA) is 77.1 Å². The van der Waals surface area contributed by atoms with Crippen LogP contribution < -0.4 is 24.4 Å². The zero-order chi connectivity index (χ0) is 18.8. The number of anilines is 2. The van der Waals surface area contributed by atoms with E-state index in [1.165, 1.54) is 0 Å². The second-order valence-corrected chi connectivity index (χ2v) is 6.45. The van der Waals surface area contributed by atoms with Crippen molar-refractivity contribution in [2.45, 2.75) is 6.42 Å². The maximum Gasteiger partial charge on any atom is 0.229 e. The van der Waals surface area contributed by atoms with E-state index >= 15 is 0 Å². The molecule has 2 heterocycles. The fraction of sp³-hybridized carbons (Fsp3) is 0.300. The van der Waals surface area contributed by atoms with Crippen LogP contribution in [0.3, 0.4) is 0 Å². The Balaban J connectivity index is 1.46. The predicted octanol–water partition coefficient (Wildman–Crippen LogP) is 2.46. The van der Waals surface area contributed by atoms with E-state index in [0.717, 1.165) is 0 Å². The number of hydrogen-bond donors (Lipinski definition) is 1. The monoisotopic (exact) mass is 368 g/mol. The van der Waals surface area contributed by atoms with E-state index in [2.05, 4.69) is 5.32 Å². The molecule has 1 atom stereocenters. The molecular formula is C20H20N2O5. The van der Waals surface area contributed by atoms with Gasteiger partial charge in [0.05, 0.1) is 13.0 Å². The number of carbonyl (C=O) groups excluding carboxylic acids is 2. The van der Waals surface area contributed by atoms with Crippen LogP contribution in [-0.4, -0.2) is 38.7 Å². The van der Waals surface area contributed by atoms with Gasteiger partial charge in [-0.1, -0.05) is 6.07 Å². The summed E-state index contributed by atoms with van der Waals surface area (Å²) in [4.78, 5) is 26.7. The predicted molar refractivity (Wildman–Crippen MR) is 99.5 cm³/mol. The molecular weight excluding hydrogens is 348 g/mol. The number of nitrogens with zero attached hydrogens (tertiary/aromatic N) is 1. The van der Waals surface area contributed by atoms with Crippen LogP contribution in [0, 0.1) is 5.92 Å². The van der Waals surface area contributed by atoms with Crippen molar-refractivity contribution in [2.75, 3.05) is 37.1 Å². The summed E-state index contributed by atoms with van der Waals surface area (Å²) in [5, 5.41) is 2.86. The van der Waals surface area contributed by atoms with Crippen molar-refractivity contribution >= 4 is 23.2 Å². The van der Waals surface area contributed by atoms with Crippen molar-refractivity contribution in [1.82, 2.24) is 0 Å². The molecule has 27 heavy (non-hydrogen) atoms. The van der Waals surface area contributed by atoms with Gasteiger partial charge in [-0.05, 0) is 24.3 Å². The Bertz CT molecular complexity index is 882. The first-order valence-corrected chi connectivity index (χ1v) is 8.79. The summed E-state index contributed by atoms with van der Waals surface area (Å²) in [6.45, 7) is 1.33. The number of ether oxygens (including phenoxy) is 3. The van der Waals surface area contributed by atoms with Crippen molar-refractivity contribution in [1.29, 1.82) is 0 Å². The smallest absolute Gasteiger partial charge is 0.229 e. The van der Waals surface area contributed by atoms with Crippen molar-refractivity contribution in [3.05, 3.63) is 42.5 Å². The Morgan fingerprint density at radius 3 is 2.78 bits per heavy atom. The van der Waals surface area contributed by atoms with Gasteiger partial charge in [0.15, 0.2) is 11.5 Å². The van der Waals surface area contributed by atoms with E-state index in [1.807, 2.05) is 6.07 Å². The lowest BCUT2D eigenvalue weighted by atomic mass is 10.1. The summed E-state index contributed by atoms with van der Waals surface area (Å²) in [5.74, 6) is 1.26. The number of carbonyl (C=O) groups is 2. The third-order valence-electron chi connectivity index (χ3n) is 4.67. The lowest BCUT2D eigenvalue weighted by Crippen LogP contribution is -2.28. The molecule has 0 aromatic heterocycles. The molecule has 1 fully saturated rings. The SMILES string of the molecule is COc1cccc(NC(=O)C2CC(=O)N(c3ccc4c(c3)OCCO4)C2)c1. The lowest BCUT2D eigenvalue weighted by Gasteiger charge is -2.22. The molecule has 140 valence electrons. The highest BCUT2D eigenvalue weighted by atomic mass is 16.6. The quantitative estimate of drug-likeness (QED) is 0.897. The number of amides is 2. The molecule has 1 unspecified atom stereocenters. The number of benzene rings is 2. The van der Waals surface area contributed by atoms with E-state index in [9.17, 15) is 9.59 Å². The lowest BCUT2D eigenvalue weighted by molar-refractivity contribution is -0.122. The molecule has 2 aliphatic heterocycles. The number of fused-ring (bicyclic) bond motifs is 1. The normalized spacial score (nSPS) is 18.3. The summed E-state index contributed by atoms with van der Waals surface area (Å²) in [6, 6.07) is 12.5. The number of methoxy groups -OCH3 is 1. The number of rotatable bonds is 4. The van der Waals surface area contributed by atoms with Crippen molar-refractivity contribution in [3.8, 4) is 17.2 Å². The maximum atomic E-state index is 12.6. The van der Waals surface area contributed by atoms with Gasteiger partial charge in [-0.2, -0.15) is 0 Å². The first-order chi connectivity index (χ1) is 13.1. The van der Waals surface area contributed by atoms with Crippen LogP contribution in [0.2, 0.25) is 0 Å². The minimum absolute atomic E-state index is 0.0857. The molecule has 4 rings (SSSR count). The van der Waals surface area contributed by atoms with Gasteiger partial charge in [0.25, 0.3) is 0 Å². The molecule has 0 aliphatic carbocycles. The summed E-state index contributed by atoms with van der Waals surface area (Å²) in [5.41, 5.74) is 1.35. The molecule has 1 saturated heterocycles. The van der Waals surface area contributed by atoms with Gasteiger partial charge in [0.1, 0.15) is 19.0 Å². The molecule has 7 heteroatoms. The fourth-order valence-electron chi connectivity index (χ4n) is 3.28. The van der Waals surface area contributed by atoms with Crippen molar-refractivity contribution in [3.63, 3.8) is 0 Å². The zero-order valence-corrected chi connectivity index (χ0v) is 14.9. The van der Waals surface area contributed by atoms with E-state index in [-0.39, 0.29) is 18.2 Å². The van der Waals surface area contributed by atoms with E-state index in [1.54, 1.807) is 48.4 Å². The van der Waals surface area contributed by atoms with Crippen LogP contribution in [0.1, 0.15) is 6.42 Å². The Morgan fingerprint density at radius 2 is 1.96 bits per heavy atom. The average molecular weight is 368 g/mol. The van der Waals surface area contributed by atoms with Gasteiger partial charge in [0, 0.05) is 36.5 Å². The zero-order valence-electron chi connectivity index (χ0n) is 14.9. The maximum absolute atomic E-state index is 12.6. The van der Waals surface area contributed by atoms with Crippen molar-refractivity contribution in [2.24, 2.45) is 5.92 Å². The standard InChI is InChI=1S/C20H20N2O5/c1-25-16-4-2-3-14(10-16)21-20(24)13-9-19(23)22(12-13)15-5-6-17-18(11-15)27-8-7-26-17/h2-6,10-11,13H,7-9,12H2,1H3,(H,21,24). The van der Waals surface area contributed by atoms with Gasteiger partial charge in [-0.25, -0.2) is 0 Å². The molecule has 0 radical (unpaired) electrons. The van der Waals surface area contributed by atoms with Crippen LogP contribution in [0.25, 0.3) is 0 Å². The van der Waals surface area contributed by atoms with Gasteiger partial charge < -0.3 is 24.4 Å². The van der Waals surface area contributed by atoms with Gasteiger partial charge in [-0.15, -0.1) is 0 Å². The molecule has 2 aromatic carbocycles. The number of nitrogens with one attached hydrogen (secondary N) is 1. The van der Waals surface area contributed by atoms with Crippen LogP contribution in [0.4, 0.5) is 11.4 Å². The Morgan fingerprint density at radius 1 is 1.15 bits per heavy atom. The largest absolute Gasteiger partial charge is 0.497 e. The molecule has 0 saturated carbocycles. The van der Waals surface area contributed by atoms with E-state index in [0.29, 0.717) is 48.4 Å². The minimum Gasteiger partial charge on any atom is -0.497 e. The fourth-order valence-corrected chi connectivity index (χ4v) is 3.28. The third kappa shape index (κ3) is 3.53. The second kappa shape index (κ2) is 7.19. The van der Waals surface area contributed by atoms with Gasteiger partial charge in [0.2, 0.25) is 11.8 Å². The summed E-state index contributed by atoms with van der Waals surface area (Å²) < 4.78 is 16.3. The average Bonchev–Trinajstić information content (AvgIpc) is 3.09. The molecule has 0 bridgehead atoms. The van der Waals surface area contributed by atoms with Crippen LogP contribution in [0.15, 0.2) is 42.5 Å². The third-order valence-corrected chi connectivity index (χ3v) is 4.67. The Hall–Kier alpha value is -3.22. The molecule has 2 aliphatic rings. The number of hydrogen-bond acceptors (Lipinski definition) is 5. The van der Waals surface area contributed by atoms with E-state index < -0.39 is 5.92 Å². The van der Waals surface area contributed by atoms with Crippen molar-refractivity contribution < 1.29 is 23.8 Å². The molecule has 2 amide bonds. The summed E-state index contributed by atoms with van der Waals surface area (Å²) in [7, 11) is 1.57. The van der Waals surface area contributed by atoms with Crippen LogP contribution in [-0.2, 0) is 9.59 Å². The highest BCUT2D eigenvalue weighted by Crippen LogP contribution is 2.36. The molecule has 1 N–H and O–H groups in total. The Labute approximate surface area is 156 Å². The van der Waals surface area contributed by atoms with Crippen LogP contribution >= 0.6 is 0 Å². The molecule has 0 spiro atoms. The second-order valence-electron chi connectivity index (χ2n) is 6.45. The summed E-state index contributed by atoms with van der Waals surface area (Å²) >= 11 is 0. The van der Waals surface area contributed by atoms with E-state index in [4.69, 9.17) is 14.2 Å². The highest BCUT2D eigenvalue weighted by molar-refractivity contribution is 6.03. The minimum atomic E-state index is -0.420. The van der Waals surface area contributed by atoms with Crippen LogP contribution in [0.5, 0.6) is 17.2 Å². The van der Waals surface area contributed by atoms with Gasteiger partial charge in [-0.3, -0.25) is 9.59 Å². The molecule has 7 nitrogen and oxygen atoms in total. The Kier molecular flexibility index (Phi) is 4.58. The first kappa shape index (κ1) is 17.2. The first-order valence-electron chi connectivity index (χ1n) is 8.79. The van der Waals surface area contributed by atoms with Gasteiger partial charge >= 0.3 is 0 Å².